The minimum Gasteiger partial charge on any atom is -0.508 e. The number of phenols is 1. The molecule has 0 bridgehead atoms. The number of phenolic OH excluding ortho intramolecular Hbond substituents is 1. The minimum absolute atomic E-state index is 0.0523. The number of benzene rings is 1. The summed E-state index contributed by atoms with van der Waals surface area (Å²) in [4.78, 5) is 160. The number of carboxylic acids is 2. The summed E-state index contributed by atoms with van der Waals surface area (Å²) in [6.07, 6.45) is -2.78. The summed E-state index contributed by atoms with van der Waals surface area (Å²) in [6, 6.07) is -7.39. The summed E-state index contributed by atoms with van der Waals surface area (Å²) >= 11 is 0. The first kappa shape index (κ1) is 67.6. The fourth-order valence-corrected chi connectivity index (χ4v) is 8.49. The number of nitrogens with zero attached hydrogens (tertiary/aromatic N) is 1. The highest BCUT2D eigenvalue weighted by molar-refractivity contribution is 5.98. The van der Waals surface area contributed by atoms with E-state index in [-0.39, 0.29) is 76.1 Å². The Morgan fingerprint density at radius 2 is 1.13 bits per heavy atom. The summed E-state index contributed by atoms with van der Waals surface area (Å²) in [5.74, 6) is -12.5. The molecule has 1 aliphatic heterocycles. The molecule has 28 nitrogen and oxygen atoms in total. The maximum Gasteiger partial charge on any atom is 0.328 e. The van der Waals surface area contributed by atoms with Gasteiger partial charge < -0.3 is 85.5 Å². The van der Waals surface area contributed by atoms with Crippen LogP contribution in [0.25, 0.3) is 0 Å². The zero-order valence-corrected chi connectivity index (χ0v) is 45.5. The van der Waals surface area contributed by atoms with Crippen molar-refractivity contribution in [3.63, 3.8) is 0 Å². The van der Waals surface area contributed by atoms with Crippen molar-refractivity contribution in [2.24, 2.45) is 34.8 Å². The number of likely N-dealkylation sites (tertiary alicyclic amines) is 1. The van der Waals surface area contributed by atoms with E-state index in [1.54, 1.807) is 27.7 Å². The van der Waals surface area contributed by atoms with Crippen LogP contribution in [0.15, 0.2) is 24.3 Å². The Morgan fingerprint density at radius 1 is 0.633 bits per heavy atom. The number of aliphatic hydroxyl groups is 1. The monoisotopic (exact) mass is 1120 g/mol. The SMILES string of the molecule is CC[C@H](C)[C@H](NC(=O)[C@H](CCC(=O)O)NC(=O)[C@H](CCCCN)NC(=O)[C@H](Cc1ccc(O)cc1)NC(=O)[C@H](CCC(N)=O)NC(=O)[C@@H](N)CCC(N)=O)C(=O)N1CCC[C@H]1C(=O)N[C@@H](CC(C)C)C(=O)N[C@H](C(=O)O)[C@@H](C)O. The number of hydrogen-bond donors (Lipinski definition) is 15. The number of nitrogens with one attached hydrogen (secondary N) is 7. The van der Waals surface area contributed by atoms with Crippen LogP contribution in [0.4, 0.5) is 0 Å². The van der Waals surface area contributed by atoms with Gasteiger partial charge in [0.2, 0.25) is 59.1 Å². The van der Waals surface area contributed by atoms with E-state index in [9.17, 15) is 78.0 Å². The zero-order chi connectivity index (χ0) is 59.7. The normalized spacial score (nSPS) is 16.9. The highest BCUT2D eigenvalue weighted by Crippen LogP contribution is 2.23. The van der Waals surface area contributed by atoms with Gasteiger partial charge in [0, 0.05) is 32.2 Å². The molecule has 1 heterocycles. The molecule has 11 atom stereocenters. The summed E-state index contributed by atoms with van der Waals surface area (Å²) in [7, 11) is 0. The topological polar surface area (TPSA) is 477 Å². The first-order chi connectivity index (χ1) is 37.1. The zero-order valence-electron chi connectivity index (χ0n) is 45.5. The molecule has 0 radical (unpaired) electrons. The molecule has 0 aliphatic carbocycles. The molecule has 1 aromatic rings. The van der Waals surface area contributed by atoms with Crippen LogP contribution in [0, 0.1) is 11.8 Å². The molecule has 10 amide bonds. The third-order valence-electron chi connectivity index (χ3n) is 13.2. The lowest BCUT2D eigenvalue weighted by molar-refractivity contribution is -0.146. The Labute approximate surface area is 458 Å². The lowest BCUT2D eigenvalue weighted by atomic mass is 9.96. The predicted octanol–water partition coefficient (Wildman–Crippen LogP) is -3.27. The second-order valence-electron chi connectivity index (χ2n) is 20.3. The second kappa shape index (κ2) is 33.7. The van der Waals surface area contributed by atoms with Crippen molar-refractivity contribution >= 4 is 71.0 Å². The van der Waals surface area contributed by atoms with Crippen molar-refractivity contribution in [3.05, 3.63) is 29.8 Å². The van der Waals surface area contributed by atoms with E-state index in [0.717, 1.165) is 0 Å². The Kier molecular flexibility index (Phi) is 28.9. The van der Waals surface area contributed by atoms with E-state index < -0.39 is 157 Å². The maximum absolute atomic E-state index is 14.5. The molecule has 442 valence electrons. The highest BCUT2D eigenvalue weighted by atomic mass is 16.4. The molecule has 19 N–H and O–H groups in total. The van der Waals surface area contributed by atoms with Gasteiger partial charge in [-0.2, -0.15) is 0 Å². The molecular weight excluding hydrogens is 1040 g/mol. The maximum atomic E-state index is 14.5. The quantitative estimate of drug-likeness (QED) is 0.0293. The number of primary amides is 2. The standard InChI is InChI=1S/C51H82N12O16/c1-6-27(4)41(50(77)63-23-9-11-37(63)49(76)60-35(24-26(2)3)48(75)62-42(28(5)64)51(78)79)61-46(73)34(18-21-40(68)69)58-44(71)32(10-7-8-22-52)57-47(74)36(25-29-12-14-30(65)15-13-29)59-45(72)33(17-20-39(55)67)56-43(70)31(53)16-19-38(54)66/h12-15,26-28,31-37,41-42,64-65H,6-11,16-25,52-53H2,1-5H3,(H2,54,66)(H2,55,67)(H,56,70)(H,57,74)(H,58,71)(H,59,72)(H,60,76)(H,61,73)(H,62,75)(H,68,69)(H,78,79)/t27-,28+,31-,32-,33-,34-,35-,36-,37-,41-,42-/m0/s1. The number of carboxylic acid groups (broad SMARTS) is 2. The van der Waals surface area contributed by atoms with Gasteiger partial charge in [0.1, 0.15) is 48.0 Å². The van der Waals surface area contributed by atoms with Gasteiger partial charge in [-0.05, 0) is 101 Å². The third-order valence-corrected chi connectivity index (χ3v) is 13.2. The van der Waals surface area contributed by atoms with Crippen LogP contribution in [0.2, 0.25) is 0 Å². The van der Waals surface area contributed by atoms with Gasteiger partial charge >= 0.3 is 11.9 Å². The summed E-state index contributed by atoms with van der Waals surface area (Å²) < 4.78 is 0. The molecule has 1 aliphatic rings. The Hall–Kier alpha value is -7.46. The van der Waals surface area contributed by atoms with Gasteiger partial charge in [-0.3, -0.25) is 52.7 Å². The predicted molar refractivity (Wildman–Crippen MR) is 283 cm³/mol. The number of aliphatic carboxylic acids is 2. The number of aromatic hydroxyl groups is 1. The molecule has 28 heteroatoms. The van der Waals surface area contributed by atoms with Gasteiger partial charge in [-0.25, -0.2) is 4.79 Å². The third kappa shape index (κ3) is 23.6. The van der Waals surface area contributed by atoms with Crippen LogP contribution >= 0.6 is 0 Å². The largest absolute Gasteiger partial charge is 0.508 e. The number of aliphatic hydroxyl groups excluding tert-OH is 1. The van der Waals surface area contributed by atoms with Crippen molar-refractivity contribution in [1.82, 2.24) is 42.1 Å². The van der Waals surface area contributed by atoms with Crippen LogP contribution in [0.5, 0.6) is 5.75 Å². The van der Waals surface area contributed by atoms with E-state index in [1.807, 2.05) is 0 Å². The van der Waals surface area contributed by atoms with Gasteiger partial charge in [0.25, 0.3) is 0 Å². The number of unbranched alkanes of at least 4 members (excludes halogenated alkanes) is 1. The molecule has 0 unspecified atom stereocenters. The average Bonchev–Trinajstić information content (AvgIpc) is 3.88. The molecule has 1 fully saturated rings. The van der Waals surface area contributed by atoms with E-state index in [2.05, 4.69) is 37.2 Å². The number of rotatable bonds is 36. The van der Waals surface area contributed by atoms with Crippen LogP contribution in [0.1, 0.15) is 124 Å². The van der Waals surface area contributed by atoms with E-state index in [0.29, 0.717) is 24.8 Å². The van der Waals surface area contributed by atoms with Crippen LogP contribution in [0.3, 0.4) is 0 Å². The molecule has 1 saturated heterocycles. The molecule has 0 spiro atoms. The Balaban J connectivity index is 2.50. The minimum atomic E-state index is -1.68. The Bertz CT molecular complexity index is 2280. The molecular formula is C51H82N12O16. The van der Waals surface area contributed by atoms with Gasteiger partial charge in [-0.1, -0.05) is 46.2 Å². The van der Waals surface area contributed by atoms with E-state index >= 15 is 0 Å². The van der Waals surface area contributed by atoms with Crippen LogP contribution in [-0.4, -0.2) is 170 Å². The number of carbonyl (C=O) groups excluding carboxylic acids is 10. The van der Waals surface area contributed by atoms with Gasteiger partial charge in [-0.15, -0.1) is 0 Å². The summed E-state index contributed by atoms with van der Waals surface area (Å²) in [5, 5.41) is 56.7. The Morgan fingerprint density at radius 3 is 1.65 bits per heavy atom. The lowest BCUT2D eigenvalue weighted by Gasteiger charge is -2.33. The van der Waals surface area contributed by atoms with Crippen LogP contribution < -0.4 is 60.2 Å². The summed E-state index contributed by atoms with van der Waals surface area (Å²) in [5.41, 5.74) is 22.6. The molecule has 1 aromatic carbocycles. The van der Waals surface area contributed by atoms with Crippen molar-refractivity contribution in [3.8, 4) is 5.75 Å². The fraction of sp³-hybridized carbons (Fsp3) is 0.647. The molecule has 79 heavy (non-hydrogen) atoms. The number of hydrogen-bond acceptors (Lipinski definition) is 16. The van der Waals surface area contributed by atoms with Crippen LogP contribution in [-0.2, 0) is 64.0 Å². The summed E-state index contributed by atoms with van der Waals surface area (Å²) in [6.45, 7) is 8.31. The molecule has 0 aromatic heterocycles. The first-order valence-electron chi connectivity index (χ1n) is 26.5. The molecule has 2 rings (SSSR count). The second-order valence-corrected chi connectivity index (χ2v) is 20.3. The first-order valence-corrected chi connectivity index (χ1v) is 26.5. The number of amides is 10. The lowest BCUT2D eigenvalue weighted by Crippen LogP contribution is -2.61. The van der Waals surface area contributed by atoms with Crippen molar-refractivity contribution < 1.29 is 78.0 Å². The van der Waals surface area contributed by atoms with E-state index in [4.69, 9.17) is 22.9 Å². The van der Waals surface area contributed by atoms with Crippen molar-refractivity contribution in [1.29, 1.82) is 0 Å². The number of carbonyl (C=O) groups is 12. The van der Waals surface area contributed by atoms with Crippen molar-refractivity contribution in [2.45, 2.75) is 185 Å². The highest BCUT2D eigenvalue weighted by Gasteiger charge is 2.42. The average molecular weight is 1120 g/mol. The molecule has 0 saturated carbocycles. The smallest absolute Gasteiger partial charge is 0.328 e. The fourth-order valence-electron chi connectivity index (χ4n) is 8.49. The number of nitrogens with two attached hydrogens (primary N) is 4. The van der Waals surface area contributed by atoms with E-state index in [1.165, 1.54) is 36.1 Å². The van der Waals surface area contributed by atoms with Gasteiger partial charge in [0.05, 0.1) is 12.1 Å². The van der Waals surface area contributed by atoms with Crippen molar-refractivity contribution in [2.75, 3.05) is 13.1 Å². The van der Waals surface area contributed by atoms with Gasteiger partial charge in [0.15, 0.2) is 6.04 Å².